The van der Waals surface area contributed by atoms with Gasteiger partial charge >= 0.3 is 5.97 Å². The number of nitrogens with zero attached hydrogens (tertiary/aromatic N) is 2. The van der Waals surface area contributed by atoms with Crippen molar-refractivity contribution in [3.63, 3.8) is 0 Å². The Morgan fingerprint density at radius 3 is 2.50 bits per heavy atom. The van der Waals surface area contributed by atoms with Crippen LogP contribution in [0.1, 0.15) is 27.0 Å². The summed E-state index contributed by atoms with van der Waals surface area (Å²) in [5.74, 6) is -1.22. The first kappa shape index (κ1) is 21.3. The van der Waals surface area contributed by atoms with Gasteiger partial charge in [0.05, 0.1) is 25.8 Å². The van der Waals surface area contributed by atoms with Crippen molar-refractivity contribution >= 4 is 11.9 Å². The standard InChI is InChI=1S/C23H25N3O4/c1-15-9-10-18(11-16(15)2)21-19(22(28)24-20(14-27)23(29)30-3)13-26(25-21)12-17-7-5-4-6-8-17/h4-11,13,20,27H,12,14H2,1-3H3,(H,24,28)/t20-/m0/s1. The zero-order valence-corrected chi connectivity index (χ0v) is 17.3. The molecule has 0 radical (unpaired) electrons. The summed E-state index contributed by atoms with van der Waals surface area (Å²) < 4.78 is 6.33. The Hall–Kier alpha value is -3.45. The molecule has 0 spiro atoms. The Morgan fingerprint density at radius 2 is 1.87 bits per heavy atom. The number of methoxy groups -OCH3 is 1. The summed E-state index contributed by atoms with van der Waals surface area (Å²) in [5.41, 5.74) is 4.89. The number of carbonyl (C=O) groups excluding carboxylic acids is 2. The number of rotatable bonds is 7. The number of amides is 1. The van der Waals surface area contributed by atoms with Gasteiger partial charge < -0.3 is 15.2 Å². The molecule has 0 aliphatic rings. The van der Waals surface area contributed by atoms with Crippen molar-refractivity contribution in [2.24, 2.45) is 0 Å². The van der Waals surface area contributed by atoms with Crippen molar-refractivity contribution in [2.75, 3.05) is 13.7 Å². The van der Waals surface area contributed by atoms with Crippen molar-refractivity contribution < 1.29 is 19.4 Å². The molecule has 3 rings (SSSR count). The van der Waals surface area contributed by atoms with Crippen LogP contribution in [0.15, 0.2) is 54.7 Å². The maximum absolute atomic E-state index is 13.0. The summed E-state index contributed by atoms with van der Waals surface area (Å²) in [6, 6.07) is 14.5. The number of nitrogens with one attached hydrogen (secondary N) is 1. The monoisotopic (exact) mass is 407 g/mol. The highest BCUT2D eigenvalue weighted by molar-refractivity contribution is 6.01. The molecule has 156 valence electrons. The molecule has 30 heavy (non-hydrogen) atoms. The third kappa shape index (κ3) is 4.75. The van der Waals surface area contributed by atoms with E-state index < -0.39 is 24.5 Å². The Bertz CT molecular complexity index is 1040. The minimum absolute atomic E-state index is 0.316. The van der Waals surface area contributed by atoms with Crippen LogP contribution in [0.25, 0.3) is 11.3 Å². The van der Waals surface area contributed by atoms with Crippen LogP contribution in [-0.4, -0.2) is 46.5 Å². The van der Waals surface area contributed by atoms with E-state index in [1.54, 1.807) is 10.9 Å². The largest absolute Gasteiger partial charge is 0.467 e. The highest BCUT2D eigenvalue weighted by Gasteiger charge is 2.25. The minimum Gasteiger partial charge on any atom is -0.467 e. The Labute approximate surface area is 175 Å². The van der Waals surface area contributed by atoms with E-state index in [0.29, 0.717) is 17.8 Å². The molecule has 1 amide bonds. The van der Waals surface area contributed by atoms with E-state index in [1.807, 2.05) is 62.4 Å². The summed E-state index contributed by atoms with van der Waals surface area (Å²) in [4.78, 5) is 24.7. The molecule has 1 aromatic heterocycles. The number of hydrogen-bond acceptors (Lipinski definition) is 5. The van der Waals surface area contributed by atoms with E-state index in [9.17, 15) is 14.7 Å². The second-order valence-corrected chi connectivity index (χ2v) is 7.11. The Kier molecular flexibility index (Phi) is 6.64. The first-order chi connectivity index (χ1) is 14.4. The lowest BCUT2D eigenvalue weighted by molar-refractivity contribution is -0.143. The predicted octanol–water partition coefficient (Wildman–Crippen LogP) is 2.48. The molecule has 0 fully saturated rings. The van der Waals surface area contributed by atoms with Gasteiger partial charge in [-0.15, -0.1) is 0 Å². The van der Waals surface area contributed by atoms with Crippen LogP contribution in [0.5, 0.6) is 0 Å². The molecule has 0 bridgehead atoms. The van der Waals surface area contributed by atoms with E-state index in [4.69, 9.17) is 0 Å². The fraction of sp³-hybridized carbons (Fsp3) is 0.261. The predicted molar refractivity (Wildman–Crippen MR) is 113 cm³/mol. The van der Waals surface area contributed by atoms with Gasteiger partial charge in [-0.05, 0) is 36.6 Å². The number of esters is 1. The second kappa shape index (κ2) is 9.37. The third-order valence-electron chi connectivity index (χ3n) is 4.95. The number of ether oxygens (including phenoxy) is 1. The van der Waals surface area contributed by atoms with Crippen LogP contribution in [0.2, 0.25) is 0 Å². The number of aromatic nitrogens is 2. The summed E-state index contributed by atoms with van der Waals surface area (Å²) in [5, 5.41) is 16.6. The van der Waals surface area contributed by atoms with Crippen molar-refractivity contribution in [1.82, 2.24) is 15.1 Å². The number of hydrogen-bond donors (Lipinski definition) is 2. The molecule has 0 saturated carbocycles. The van der Waals surface area contributed by atoms with Crippen molar-refractivity contribution in [2.45, 2.75) is 26.4 Å². The molecule has 1 heterocycles. The van der Waals surface area contributed by atoms with E-state index in [0.717, 1.165) is 22.3 Å². The van der Waals surface area contributed by atoms with Crippen LogP contribution in [0.3, 0.4) is 0 Å². The topological polar surface area (TPSA) is 93.5 Å². The lowest BCUT2D eigenvalue weighted by Crippen LogP contribution is -2.44. The molecule has 0 aliphatic heterocycles. The van der Waals surface area contributed by atoms with Crippen molar-refractivity contribution in [3.8, 4) is 11.3 Å². The van der Waals surface area contributed by atoms with Crippen molar-refractivity contribution in [1.29, 1.82) is 0 Å². The molecule has 0 saturated heterocycles. The zero-order chi connectivity index (χ0) is 21.7. The molecule has 2 aromatic carbocycles. The fourth-order valence-corrected chi connectivity index (χ4v) is 3.10. The maximum Gasteiger partial charge on any atom is 0.330 e. The lowest BCUT2D eigenvalue weighted by atomic mass is 10.0. The summed E-state index contributed by atoms with van der Waals surface area (Å²) in [6.07, 6.45) is 1.65. The van der Waals surface area contributed by atoms with Gasteiger partial charge in [-0.3, -0.25) is 9.48 Å². The van der Waals surface area contributed by atoms with Gasteiger partial charge in [0.2, 0.25) is 0 Å². The van der Waals surface area contributed by atoms with Crippen LogP contribution < -0.4 is 5.32 Å². The third-order valence-corrected chi connectivity index (χ3v) is 4.95. The molecule has 7 heteroatoms. The number of aliphatic hydroxyl groups is 1. The molecule has 1 atom stereocenters. The van der Waals surface area contributed by atoms with E-state index in [-0.39, 0.29) is 0 Å². The zero-order valence-electron chi connectivity index (χ0n) is 17.3. The normalized spacial score (nSPS) is 11.7. The van der Waals surface area contributed by atoms with Crippen LogP contribution in [0.4, 0.5) is 0 Å². The number of benzene rings is 2. The molecular formula is C23H25N3O4. The van der Waals surface area contributed by atoms with Crippen LogP contribution in [0, 0.1) is 13.8 Å². The molecule has 0 unspecified atom stereocenters. The van der Waals surface area contributed by atoms with Crippen LogP contribution in [-0.2, 0) is 16.1 Å². The summed E-state index contributed by atoms with van der Waals surface area (Å²) >= 11 is 0. The van der Waals surface area contributed by atoms with Gasteiger partial charge in [0.15, 0.2) is 6.04 Å². The molecule has 0 aliphatic carbocycles. The van der Waals surface area contributed by atoms with E-state index in [1.165, 1.54) is 7.11 Å². The fourth-order valence-electron chi connectivity index (χ4n) is 3.10. The quantitative estimate of drug-likeness (QED) is 0.587. The van der Waals surface area contributed by atoms with Gasteiger partial charge in [-0.25, -0.2) is 4.79 Å². The maximum atomic E-state index is 13.0. The summed E-state index contributed by atoms with van der Waals surface area (Å²) in [6.45, 7) is 3.95. The molecule has 3 aromatic rings. The Balaban J connectivity index is 1.99. The minimum atomic E-state index is -1.15. The van der Waals surface area contributed by atoms with E-state index >= 15 is 0 Å². The molecular weight excluding hydrogens is 382 g/mol. The number of aryl methyl sites for hydroxylation is 2. The summed E-state index contributed by atoms with van der Waals surface area (Å²) in [7, 11) is 1.20. The van der Waals surface area contributed by atoms with Gasteiger partial charge in [0.25, 0.3) is 5.91 Å². The average Bonchev–Trinajstić information content (AvgIpc) is 3.17. The van der Waals surface area contributed by atoms with E-state index in [2.05, 4.69) is 15.2 Å². The highest BCUT2D eigenvalue weighted by atomic mass is 16.5. The average molecular weight is 407 g/mol. The van der Waals surface area contributed by atoms with Crippen molar-refractivity contribution in [3.05, 3.63) is 77.0 Å². The first-order valence-corrected chi connectivity index (χ1v) is 9.61. The molecule has 7 nitrogen and oxygen atoms in total. The van der Waals surface area contributed by atoms with Gasteiger partial charge in [-0.2, -0.15) is 5.10 Å². The smallest absolute Gasteiger partial charge is 0.330 e. The number of aliphatic hydroxyl groups excluding tert-OH is 1. The number of carbonyl (C=O) groups is 2. The second-order valence-electron chi connectivity index (χ2n) is 7.11. The van der Waals surface area contributed by atoms with Gasteiger partial charge in [-0.1, -0.05) is 42.5 Å². The van der Waals surface area contributed by atoms with Gasteiger partial charge in [0.1, 0.15) is 5.69 Å². The Morgan fingerprint density at radius 1 is 1.13 bits per heavy atom. The SMILES string of the molecule is COC(=O)[C@H](CO)NC(=O)c1cn(Cc2ccccc2)nc1-c1ccc(C)c(C)c1. The lowest BCUT2D eigenvalue weighted by Gasteiger charge is -2.13. The van der Waals surface area contributed by atoms with Gasteiger partial charge in [0, 0.05) is 11.8 Å². The molecule has 2 N–H and O–H groups in total. The first-order valence-electron chi connectivity index (χ1n) is 9.61. The highest BCUT2D eigenvalue weighted by Crippen LogP contribution is 2.25. The van der Waals surface area contributed by atoms with Crippen LogP contribution >= 0.6 is 0 Å².